The monoisotopic (exact) mass is 1060 g/mol. The number of unbranched alkanes of at least 4 members (excludes halogenated alkanes) is 3. The number of amides is 4. The Morgan fingerprint density at radius 1 is 0.542 bits per heavy atom. The molecule has 3 aromatic carbocycles. The van der Waals surface area contributed by atoms with E-state index in [9.17, 15) is 45.5 Å². The number of nitrogens with zero attached hydrogens (tertiary/aromatic N) is 2. The smallest absolute Gasteiger partial charge is 0.416 e. The molecule has 4 amide bonds. The van der Waals surface area contributed by atoms with Gasteiger partial charge in [0.25, 0.3) is 11.8 Å². The third-order valence-corrected chi connectivity index (χ3v) is 12.8. The van der Waals surface area contributed by atoms with Crippen molar-refractivity contribution in [3.05, 3.63) is 58.7 Å². The summed E-state index contributed by atoms with van der Waals surface area (Å²) >= 11 is 2.13. The van der Waals surface area contributed by atoms with Gasteiger partial charge in [-0.25, -0.2) is 0 Å². The van der Waals surface area contributed by atoms with Gasteiger partial charge in [0.15, 0.2) is 5.96 Å². The highest BCUT2D eigenvalue weighted by Gasteiger charge is 2.35. The van der Waals surface area contributed by atoms with Gasteiger partial charge in [-0.05, 0) is 70.1 Å². The molecule has 72 heavy (non-hydrogen) atoms. The Balaban J connectivity index is 2.08. The molecule has 25 heteroatoms. The molecular weight excluding hydrogens is 993 g/mol. The lowest BCUT2D eigenvalue weighted by atomic mass is 10.1. The first kappa shape index (κ1) is 60.4. The maximum absolute atomic E-state index is 14.5. The Hall–Kier alpha value is -5.92. The SMILES string of the molecule is CN=C(CCCCCC(=O)Nc1cc(C(F)(F)F)cc(NC(=O)c2cc(C(=O)Nc3cc(C(F)(F)F)cc(NC(=O)CCCCNC(=NC)NC)c3SCCNC)c(OC)cc2OC)c1SCCNC)NC. The lowest BCUT2D eigenvalue weighted by Crippen LogP contribution is -2.35. The van der Waals surface area contributed by atoms with Crippen LogP contribution in [0, 0.1) is 0 Å². The van der Waals surface area contributed by atoms with Crippen molar-refractivity contribution in [2.24, 2.45) is 9.98 Å². The van der Waals surface area contributed by atoms with E-state index in [1.54, 1.807) is 42.3 Å². The van der Waals surface area contributed by atoms with Gasteiger partial charge in [0, 0.05) is 84.7 Å². The number of halogens is 6. The number of carbonyl (C=O) groups excluding carboxylic acids is 4. The molecule has 0 aliphatic rings. The highest BCUT2D eigenvalue weighted by molar-refractivity contribution is 7.99. The zero-order valence-electron chi connectivity index (χ0n) is 41.6. The van der Waals surface area contributed by atoms with Gasteiger partial charge in [-0.15, -0.1) is 23.5 Å². The van der Waals surface area contributed by atoms with Crippen molar-refractivity contribution in [3.8, 4) is 11.5 Å². The quantitative estimate of drug-likeness (QED) is 0.0117. The average molecular weight is 1060 g/mol. The number of anilines is 4. The van der Waals surface area contributed by atoms with Crippen molar-refractivity contribution in [2.75, 3.05) is 109 Å². The fraction of sp³-hybridized carbons (Fsp3) is 0.489. The van der Waals surface area contributed by atoms with Gasteiger partial charge in [-0.3, -0.25) is 29.2 Å². The minimum Gasteiger partial charge on any atom is -0.496 e. The van der Waals surface area contributed by atoms with Gasteiger partial charge in [0.2, 0.25) is 11.8 Å². The number of thioether (sulfide) groups is 2. The summed E-state index contributed by atoms with van der Waals surface area (Å²) in [6.45, 7) is 1.26. The maximum atomic E-state index is 14.5. The molecule has 0 radical (unpaired) electrons. The molecule has 0 heterocycles. The maximum Gasteiger partial charge on any atom is 0.416 e. The molecule has 0 aromatic heterocycles. The van der Waals surface area contributed by atoms with Crippen LogP contribution in [-0.4, -0.2) is 123 Å². The first-order valence-corrected chi connectivity index (χ1v) is 24.8. The molecule has 9 N–H and O–H groups in total. The van der Waals surface area contributed by atoms with Crippen LogP contribution in [0.25, 0.3) is 0 Å². The normalized spacial score (nSPS) is 12.0. The molecule has 3 rings (SSSR count). The Morgan fingerprint density at radius 3 is 1.35 bits per heavy atom. The van der Waals surface area contributed by atoms with E-state index in [1.165, 1.54) is 20.3 Å². The van der Waals surface area contributed by atoms with Gasteiger partial charge < -0.3 is 57.3 Å². The predicted octanol–water partition coefficient (Wildman–Crippen LogP) is 7.91. The molecule has 0 spiro atoms. The van der Waals surface area contributed by atoms with E-state index in [-0.39, 0.29) is 68.0 Å². The van der Waals surface area contributed by atoms with Gasteiger partial charge in [-0.1, -0.05) is 6.42 Å². The molecule has 0 aliphatic carbocycles. The number of hydrogen-bond acceptors (Lipinski definition) is 12. The van der Waals surface area contributed by atoms with E-state index < -0.39 is 47.1 Å². The van der Waals surface area contributed by atoms with Gasteiger partial charge in [-0.2, -0.15) is 26.3 Å². The number of aliphatic imine (C=N–C) groups is 2. The number of hydrogen-bond donors (Lipinski definition) is 9. The summed E-state index contributed by atoms with van der Waals surface area (Å²) in [5.41, 5.74) is -4.14. The molecule has 0 fully saturated rings. The van der Waals surface area contributed by atoms with E-state index in [1.807, 2.05) is 0 Å². The van der Waals surface area contributed by atoms with Crippen LogP contribution in [0.15, 0.2) is 56.2 Å². The van der Waals surface area contributed by atoms with Crippen LogP contribution < -0.4 is 57.3 Å². The number of guanidine groups is 1. The van der Waals surface area contributed by atoms with Gasteiger partial charge in [0.05, 0.1) is 74.8 Å². The molecular formula is C47H65F6N11O6S2. The number of methoxy groups -OCH3 is 2. The number of benzene rings is 3. The van der Waals surface area contributed by atoms with Crippen LogP contribution in [-0.2, 0) is 21.9 Å². The molecule has 0 saturated carbocycles. The van der Waals surface area contributed by atoms with Gasteiger partial charge >= 0.3 is 12.4 Å². The largest absolute Gasteiger partial charge is 0.496 e. The molecule has 0 saturated heterocycles. The Kier molecular flexibility index (Phi) is 25.3. The third kappa shape index (κ3) is 18.9. The topological polar surface area (TPSA) is 220 Å². The van der Waals surface area contributed by atoms with Crippen molar-refractivity contribution in [1.29, 1.82) is 0 Å². The second-order valence-corrected chi connectivity index (χ2v) is 17.9. The van der Waals surface area contributed by atoms with Crippen molar-refractivity contribution >= 4 is 81.7 Å². The van der Waals surface area contributed by atoms with E-state index >= 15 is 0 Å². The van der Waals surface area contributed by atoms with Crippen LogP contribution in [0.4, 0.5) is 49.1 Å². The van der Waals surface area contributed by atoms with E-state index in [0.717, 1.165) is 66.1 Å². The van der Waals surface area contributed by atoms with Crippen LogP contribution in [0.3, 0.4) is 0 Å². The van der Waals surface area contributed by atoms with E-state index in [0.29, 0.717) is 69.2 Å². The van der Waals surface area contributed by atoms with E-state index in [4.69, 9.17) is 9.47 Å². The summed E-state index contributed by atoms with van der Waals surface area (Å²) in [5.74, 6) is -1.63. The third-order valence-electron chi connectivity index (χ3n) is 10.5. The Bertz CT molecular complexity index is 2210. The van der Waals surface area contributed by atoms with Gasteiger partial charge in [0.1, 0.15) is 11.5 Å². The standard InChI is InChI=1S/C47H65F6N11O6S2/c1-54-18-20-71-41-32(61-39(65)15-11-9-10-14-38(56-3)57-4)22-28(46(48,49)50)24-34(41)63-43(67)30-26-31(37(70-8)27-36(30)69-7)44(68)64-35-25-29(47(51,52)53)23-33(42(35)72-21-19-55-2)62-40(66)16-12-13-17-60-45(58-5)59-6/h22-27,54-55H,9-21H2,1-8H3,(H,56,57)(H,61,65)(H,62,66)(H,63,67)(H,64,68)(H2,58,59,60). The van der Waals surface area contributed by atoms with Crippen LogP contribution in [0.2, 0.25) is 0 Å². The molecule has 0 aliphatic heterocycles. The number of rotatable bonds is 27. The molecule has 3 aromatic rings. The summed E-state index contributed by atoms with van der Waals surface area (Å²) < 4.78 is 97.9. The fourth-order valence-electron chi connectivity index (χ4n) is 6.84. The Labute approximate surface area is 424 Å². The molecule has 0 atom stereocenters. The average Bonchev–Trinajstić information content (AvgIpc) is 3.33. The first-order chi connectivity index (χ1) is 34.3. The summed E-state index contributed by atoms with van der Waals surface area (Å²) in [4.78, 5) is 63.4. The van der Waals surface area contributed by atoms with Crippen LogP contribution in [0.5, 0.6) is 11.5 Å². The van der Waals surface area contributed by atoms with Crippen molar-refractivity contribution < 1.29 is 55.0 Å². The molecule has 0 unspecified atom stereocenters. The predicted molar refractivity (Wildman–Crippen MR) is 275 cm³/mol. The lowest BCUT2D eigenvalue weighted by molar-refractivity contribution is -0.138. The summed E-state index contributed by atoms with van der Waals surface area (Å²) in [5, 5.41) is 25.0. The highest BCUT2D eigenvalue weighted by atomic mass is 32.2. The summed E-state index contributed by atoms with van der Waals surface area (Å²) in [6.07, 6.45) is -6.48. The fourth-order valence-corrected chi connectivity index (χ4v) is 8.92. The summed E-state index contributed by atoms with van der Waals surface area (Å²) in [7, 11) is 12.4. The van der Waals surface area contributed by atoms with Crippen LogP contribution >= 0.6 is 23.5 Å². The van der Waals surface area contributed by atoms with Crippen molar-refractivity contribution in [3.63, 3.8) is 0 Å². The minimum atomic E-state index is -4.93. The number of alkyl halides is 6. The number of ether oxygens (including phenoxy) is 2. The molecule has 0 bridgehead atoms. The van der Waals surface area contributed by atoms with Crippen LogP contribution in [0.1, 0.15) is 83.2 Å². The minimum absolute atomic E-state index is 0.00343. The van der Waals surface area contributed by atoms with E-state index in [2.05, 4.69) is 57.8 Å². The second kappa shape index (κ2) is 30.2. The number of carbonyl (C=O) groups is 4. The number of amidine groups is 1. The first-order valence-electron chi connectivity index (χ1n) is 22.8. The Morgan fingerprint density at radius 2 is 0.972 bits per heavy atom. The zero-order chi connectivity index (χ0) is 53.4. The zero-order valence-corrected chi connectivity index (χ0v) is 43.2. The number of nitrogens with one attached hydrogen (secondary N) is 9. The van der Waals surface area contributed by atoms with Crippen molar-refractivity contribution in [1.82, 2.24) is 26.6 Å². The molecule has 17 nitrogen and oxygen atoms in total. The van der Waals surface area contributed by atoms with Crippen molar-refractivity contribution in [2.45, 2.75) is 73.5 Å². The lowest BCUT2D eigenvalue weighted by Gasteiger charge is -2.21. The highest BCUT2D eigenvalue weighted by Crippen LogP contribution is 2.44. The second-order valence-electron chi connectivity index (χ2n) is 15.6. The summed E-state index contributed by atoms with van der Waals surface area (Å²) in [6, 6.07) is 5.23. The molecule has 398 valence electrons.